The number of carbonyl (C=O) groups excluding carboxylic acids is 1. The Hall–Kier alpha value is -0.760. The molecule has 0 aliphatic heterocycles. The lowest BCUT2D eigenvalue weighted by Gasteiger charge is -2.28. The highest BCUT2D eigenvalue weighted by Crippen LogP contribution is 2.38. The molecule has 2 atom stereocenters. The summed E-state index contributed by atoms with van der Waals surface area (Å²) in [4.78, 5) is 25.2. The fourth-order valence-corrected chi connectivity index (χ4v) is 8.45. The van der Waals surface area contributed by atoms with Gasteiger partial charge in [-0.05, 0) is 38.5 Å². The molecule has 9 heteroatoms. The molecular weight excluding hydrogens is 782 g/mol. The zero-order valence-corrected chi connectivity index (χ0v) is 42.3. The molecule has 364 valence electrons. The first kappa shape index (κ1) is 60.2. The van der Waals surface area contributed by atoms with E-state index in [2.05, 4.69) is 26.0 Å². The molecule has 0 aromatic carbocycles. The van der Waals surface area contributed by atoms with Gasteiger partial charge in [0, 0.05) is 13.0 Å². The van der Waals surface area contributed by atoms with Crippen LogP contribution in [0.1, 0.15) is 258 Å². The third-order valence-electron chi connectivity index (χ3n) is 11.8. The molecule has 0 radical (unpaired) electrons. The zero-order chi connectivity index (χ0) is 44.8. The maximum atomic E-state index is 12.8. The highest BCUT2D eigenvalue weighted by atomic mass is 31.2. The molecule has 0 fully saturated rings. The van der Waals surface area contributed by atoms with Crippen molar-refractivity contribution in [3.63, 3.8) is 0 Å². The molecule has 0 bridgehead atoms. The van der Waals surface area contributed by atoms with Crippen LogP contribution in [0.3, 0.4) is 0 Å². The molecule has 0 heterocycles. The number of hydrogen-bond donors (Lipinski definition) is 0. The van der Waals surface area contributed by atoms with Gasteiger partial charge in [-0.1, -0.05) is 225 Å². The average Bonchev–Trinajstić information content (AvgIpc) is 3.22. The number of unbranched alkanes of at least 4 members (excludes halogenated alkanes) is 34. The predicted molar refractivity (Wildman–Crippen MR) is 259 cm³/mol. The number of phosphoric acid groups is 1. The van der Waals surface area contributed by atoms with Gasteiger partial charge in [0.2, 0.25) is 0 Å². The number of likely N-dealkylation sites (N-methyl/N-ethyl adjacent to an activating group) is 1. The third kappa shape index (κ3) is 50.1. The Morgan fingerprint density at radius 1 is 0.492 bits per heavy atom. The van der Waals surface area contributed by atoms with Gasteiger partial charge in [0.25, 0.3) is 7.82 Å². The summed E-state index contributed by atoms with van der Waals surface area (Å²) in [5, 5.41) is 0. The number of phosphoric ester groups is 1. The van der Waals surface area contributed by atoms with Crippen molar-refractivity contribution in [3.05, 3.63) is 12.2 Å². The number of carbonyl (C=O) groups is 1. The first-order chi connectivity index (χ1) is 29.6. The number of ether oxygens (including phenoxy) is 2. The molecule has 0 aliphatic carbocycles. The molecule has 0 aromatic heterocycles. The van der Waals surface area contributed by atoms with E-state index in [0.717, 1.165) is 32.1 Å². The fraction of sp³-hybridized carbons (Fsp3) is 0.942. The fourth-order valence-electron chi connectivity index (χ4n) is 7.72. The van der Waals surface area contributed by atoms with Crippen molar-refractivity contribution in [2.24, 2.45) is 0 Å². The SMILES string of the molecule is CCCCCCCC/C=C\CCCCCCCCCCOCC(COP(=O)([O-])OCC[N+](C)(C)C)OC(=O)CCCCCCCCCCCCCCCCCCCCCCC. The standard InChI is InChI=1S/C52H104NO7P/c1-6-8-10-12-14-16-18-20-22-24-26-27-28-29-31-33-35-37-39-41-43-45-52(54)60-51(50-59-61(55,56)58-48-46-53(3,4)5)49-57-47-44-42-40-38-36-34-32-30-25-23-21-19-17-15-13-11-9-7-2/h21,23,51H,6-20,22,24-50H2,1-5H3/b23-21-. The summed E-state index contributed by atoms with van der Waals surface area (Å²) in [7, 11) is 1.37. The molecule has 61 heavy (non-hydrogen) atoms. The van der Waals surface area contributed by atoms with Gasteiger partial charge < -0.3 is 27.9 Å². The molecule has 0 rings (SSSR count). The summed E-state index contributed by atoms with van der Waals surface area (Å²) in [6, 6.07) is 0. The lowest BCUT2D eigenvalue weighted by atomic mass is 10.0. The van der Waals surface area contributed by atoms with Crippen LogP contribution in [-0.2, 0) is 27.9 Å². The summed E-state index contributed by atoms with van der Waals surface area (Å²) in [5.74, 6) is -0.328. The second-order valence-electron chi connectivity index (χ2n) is 19.2. The Balaban J connectivity index is 4.09. The summed E-state index contributed by atoms with van der Waals surface area (Å²) >= 11 is 0. The van der Waals surface area contributed by atoms with E-state index < -0.39 is 13.9 Å². The van der Waals surface area contributed by atoms with Gasteiger partial charge in [-0.25, -0.2) is 0 Å². The monoisotopic (exact) mass is 886 g/mol. The molecule has 0 aliphatic rings. The minimum Gasteiger partial charge on any atom is -0.756 e. The minimum absolute atomic E-state index is 0.0292. The van der Waals surface area contributed by atoms with Gasteiger partial charge in [-0.3, -0.25) is 9.36 Å². The molecule has 0 N–H and O–H groups in total. The number of esters is 1. The molecule has 0 amide bonds. The number of allylic oxidation sites excluding steroid dienone is 2. The quantitative estimate of drug-likeness (QED) is 0.0197. The van der Waals surface area contributed by atoms with Crippen molar-refractivity contribution in [3.8, 4) is 0 Å². The van der Waals surface area contributed by atoms with E-state index in [-0.39, 0.29) is 25.8 Å². The van der Waals surface area contributed by atoms with Crippen LogP contribution < -0.4 is 4.89 Å². The minimum atomic E-state index is -4.53. The van der Waals surface area contributed by atoms with Gasteiger partial charge in [0.15, 0.2) is 0 Å². The molecule has 0 spiro atoms. The van der Waals surface area contributed by atoms with Crippen molar-refractivity contribution in [2.45, 2.75) is 264 Å². The molecule has 0 saturated heterocycles. The van der Waals surface area contributed by atoms with E-state index >= 15 is 0 Å². The van der Waals surface area contributed by atoms with Crippen LogP contribution >= 0.6 is 7.82 Å². The average molecular weight is 886 g/mol. The largest absolute Gasteiger partial charge is 0.756 e. The van der Waals surface area contributed by atoms with Crippen LogP contribution in [-0.4, -0.2) is 70.7 Å². The van der Waals surface area contributed by atoms with Crippen molar-refractivity contribution >= 4 is 13.8 Å². The van der Waals surface area contributed by atoms with Crippen molar-refractivity contribution in [1.82, 2.24) is 0 Å². The van der Waals surface area contributed by atoms with E-state index in [9.17, 15) is 14.3 Å². The van der Waals surface area contributed by atoms with E-state index in [1.807, 2.05) is 21.1 Å². The summed E-state index contributed by atoms with van der Waals surface area (Å²) in [6.07, 6.45) is 52.3. The van der Waals surface area contributed by atoms with Gasteiger partial charge in [0.1, 0.15) is 19.3 Å². The van der Waals surface area contributed by atoms with Crippen LogP contribution in [0.25, 0.3) is 0 Å². The summed E-state index contributed by atoms with van der Waals surface area (Å²) in [6.45, 7) is 5.47. The lowest BCUT2D eigenvalue weighted by molar-refractivity contribution is -0.870. The summed E-state index contributed by atoms with van der Waals surface area (Å²) in [5.41, 5.74) is 0. The van der Waals surface area contributed by atoms with E-state index in [1.165, 1.54) is 205 Å². The van der Waals surface area contributed by atoms with Crippen LogP contribution in [0.2, 0.25) is 0 Å². The van der Waals surface area contributed by atoms with Crippen LogP contribution in [0.4, 0.5) is 0 Å². The normalized spacial score (nSPS) is 13.6. The Labute approximate surface area is 380 Å². The molecule has 2 unspecified atom stereocenters. The molecule has 8 nitrogen and oxygen atoms in total. The predicted octanol–water partition coefficient (Wildman–Crippen LogP) is 15.5. The Kier molecular flexibility index (Phi) is 45.2. The van der Waals surface area contributed by atoms with Crippen molar-refractivity contribution in [1.29, 1.82) is 0 Å². The Morgan fingerprint density at radius 2 is 0.852 bits per heavy atom. The second-order valence-corrected chi connectivity index (χ2v) is 20.7. The van der Waals surface area contributed by atoms with Crippen molar-refractivity contribution in [2.75, 3.05) is 54.1 Å². The second kappa shape index (κ2) is 45.8. The Bertz CT molecular complexity index is 987. The van der Waals surface area contributed by atoms with Gasteiger partial charge in [0.05, 0.1) is 34.4 Å². The van der Waals surface area contributed by atoms with Gasteiger partial charge in [-0.15, -0.1) is 0 Å². The highest BCUT2D eigenvalue weighted by molar-refractivity contribution is 7.45. The number of nitrogens with zero attached hydrogens (tertiary/aromatic N) is 1. The van der Waals surface area contributed by atoms with Crippen molar-refractivity contribution < 1.29 is 37.3 Å². The lowest BCUT2D eigenvalue weighted by Crippen LogP contribution is -2.37. The van der Waals surface area contributed by atoms with E-state index in [0.29, 0.717) is 24.1 Å². The molecule has 0 aromatic rings. The first-order valence-electron chi connectivity index (χ1n) is 26.4. The molecular formula is C52H104NO7P. The van der Waals surface area contributed by atoms with Gasteiger partial charge in [-0.2, -0.15) is 0 Å². The van der Waals surface area contributed by atoms with E-state index in [4.69, 9.17) is 18.5 Å². The van der Waals surface area contributed by atoms with Gasteiger partial charge >= 0.3 is 5.97 Å². The Morgan fingerprint density at radius 3 is 1.25 bits per heavy atom. The number of hydrogen-bond acceptors (Lipinski definition) is 7. The van der Waals surface area contributed by atoms with E-state index in [1.54, 1.807) is 0 Å². The zero-order valence-electron chi connectivity index (χ0n) is 41.4. The number of rotatable bonds is 50. The highest BCUT2D eigenvalue weighted by Gasteiger charge is 2.20. The maximum absolute atomic E-state index is 12.8. The first-order valence-corrected chi connectivity index (χ1v) is 27.9. The van der Waals surface area contributed by atoms with Crippen LogP contribution in [0.5, 0.6) is 0 Å². The topological polar surface area (TPSA) is 94.1 Å². The van der Waals surface area contributed by atoms with Crippen LogP contribution in [0.15, 0.2) is 12.2 Å². The maximum Gasteiger partial charge on any atom is 0.306 e. The molecule has 0 saturated carbocycles. The summed E-state index contributed by atoms with van der Waals surface area (Å²) < 4.78 is 34.8. The number of quaternary nitrogens is 1. The van der Waals surface area contributed by atoms with Crippen LogP contribution in [0, 0.1) is 0 Å². The third-order valence-corrected chi connectivity index (χ3v) is 12.8. The smallest absolute Gasteiger partial charge is 0.306 e.